The molecule has 4 N–H and O–H groups in total. The third-order valence-corrected chi connectivity index (χ3v) is 4.41. The number of carbonyl (C=O) groups excluding carboxylic acids is 1. The number of ether oxygens (including phenoxy) is 2. The van der Waals surface area contributed by atoms with Gasteiger partial charge >= 0.3 is 6.61 Å². The van der Waals surface area contributed by atoms with Gasteiger partial charge < -0.3 is 25.2 Å². The minimum atomic E-state index is -2.93. The summed E-state index contributed by atoms with van der Waals surface area (Å²) in [5.41, 5.74) is 1.65. The van der Waals surface area contributed by atoms with Crippen molar-refractivity contribution in [2.75, 3.05) is 25.6 Å². The van der Waals surface area contributed by atoms with Crippen molar-refractivity contribution in [3.8, 4) is 5.75 Å². The second-order valence-corrected chi connectivity index (χ2v) is 8.31. The summed E-state index contributed by atoms with van der Waals surface area (Å²) in [5.74, 6) is -0.0323. The Kier molecular flexibility index (Phi) is 13.6. The van der Waals surface area contributed by atoms with Crippen LogP contribution in [0.4, 0.5) is 14.5 Å². The van der Waals surface area contributed by atoms with E-state index >= 15 is 0 Å². The van der Waals surface area contributed by atoms with Gasteiger partial charge in [-0.25, -0.2) is 0 Å². The molecule has 2 aromatic rings. The van der Waals surface area contributed by atoms with Crippen LogP contribution < -0.4 is 15.4 Å². The number of pyridine rings is 1. The van der Waals surface area contributed by atoms with E-state index in [2.05, 4.69) is 20.4 Å². The molecule has 0 amide bonds. The highest BCUT2D eigenvalue weighted by molar-refractivity contribution is 6.13. The first-order valence-electron chi connectivity index (χ1n) is 11.4. The molecular weight excluding hydrogens is 458 g/mol. The minimum Gasteiger partial charge on any atom is -0.435 e. The Morgan fingerprint density at radius 1 is 1.29 bits per heavy atom. The maximum absolute atomic E-state index is 12.3. The molecule has 1 saturated heterocycles. The summed E-state index contributed by atoms with van der Waals surface area (Å²) in [5, 5.41) is 22.7. The third-order valence-electron chi connectivity index (χ3n) is 4.41. The van der Waals surface area contributed by atoms with Crippen LogP contribution in [0.25, 0.3) is 0 Å². The molecule has 1 aromatic heterocycles. The number of benzene rings is 1. The average Bonchev–Trinajstić information content (AvgIpc) is 3.32. The quantitative estimate of drug-likeness (QED) is 0.322. The number of aliphatic hydroxyl groups is 1. The Bertz CT molecular complexity index is 917. The van der Waals surface area contributed by atoms with Crippen molar-refractivity contribution in [3.05, 3.63) is 53.3 Å². The summed E-state index contributed by atoms with van der Waals surface area (Å²) >= 11 is 0. The van der Waals surface area contributed by atoms with Crippen LogP contribution in [0.3, 0.4) is 0 Å². The van der Waals surface area contributed by atoms with Gasteiger partial charge in [-0.05, 0) is 59.4 Å². The summed E-state index contributed by atoms with van der Waals surface area (Å²) in [4.78, 5) is 15.1. The molecule has 1 aliphatic heterocycles. The van der Waals surface area contributed by atoms with Gasteiger partial charge in [0, 0.05) is 42.1 Å². The number of halogens is 2. The normalized spacial score (nSPS) is 14.7. The number of alkyl halides is 2. The number of hydrogen-bond donors (Lipinski definition) is 4. The Labute approximate surface area is 205 Å². The molecule has 194 valence electrons. The number of carbonyl (C=O) groups is 1. The van der Waals surface area contributed by atoms with Gasteiger partial charge in [0.15, 0.2) is 6.29 Å². The van der Waals surface area contributed by atoms with Crippen molar-refractivity contribution in [3.63, 3.8) is 0 Å². The van der Waals surface area contributed by atoms with Gasteiger partial charge in [0.05, 0.1) is 18.0 Å². The Morgan fingerprint density at radius 2 is 1.97 bits per heavy atom. The number of aldehydes is 1. The molecule has 0 radical (unpaired) electrons. The van der Waals surface area contributed by atoms with Crippen molar-refractivity contribution in [1.29, 1.82) is 5.41 Å². The van der Waals surface area contributed by atoms with E-state index in [9.17, 15) is 13.6 Å². The number of anilines is 1. The Balaban J connectivity index is 0.000000458. The molecule has 1 aromatic carbocycles. The molecule has 3 rings (SSSR count). The van der Waals surface area contributed by atoms with Gasteiger partial charge in [0.2, 0.25) is 0 Å². The Morgan fingerprint density at radius 3 is 2.46 bits per heavy atom. The zero-order chi connectivity index (χ0) is 26.4. The number of nitrogens with one attached hydrogen (secondary N) is 3. The molecule has 0 spiro atoms. The van der Waals surface area contributed by atoms with E-state index in [-0.39, 0.29) is 23.6 Å². The monoisotopic (exact) mass is 494 g/mol. The number of aromatic nitrogens is 1. The minimum absolute atomic E-state index is 0.0323. The van der Waals surface area contributed by atoms with Gasteiger partial charge in [0.1, 0.15) is 11.4 Å². The van der Waals surface area contributed by atoms with E-state index in [1.54, 1.807) is 26.0 Å². The highest BCUT2D eigenvalue weighted by Crippen LogP contribution is 2.22. The first-order valence-corrected chi connectivity index (χ1v) is 11.4. The SMILES string of the molecule is CC(C)Nc1cc(C=O)cnc1C(=N)c1cccc(OC(F)F)c1.CC(C)O.CNC1CCOC1. The molecule has 1 fully saturated rings. The molecule has 0 bridgehead atoms. The highest BCUT2D eigenvalue weighted by atomic mass is 19.3. The number of rotatable bonds is 8. The molecule has 1 atom stereocenters. The van der Waals surface area contributed by atoms with E-state index in [0.29, 0.717) is 34.8 Å². The topological polar surface area (TPSA) is 117 Å². The standard InChI is InChI=1S/C17H17F2N3O2.C5H11NO.C3H8O/c1-10(2)22-14-6-11(9-23)8-21-16(14)15(20)12-4-3-5-13(7-12)24-17(18)19;1-6-5-2-3-7-4-5;1-3(2)4/h3-10,17,20,22H,1-2H3;5-6H,2-4H2,1H3;3-4H,1-2H3. The molecule has 1 unspecified atom stereocenters. The fourth-order valence-corrected chi connectivity index (χ4v) is 2.89. The molecule has 1 aliphatic rings. The van der Waals surface area contributed by atoms with Crippen LogP contribution >= 0.6 is 0 Å². The lowest BCUT2D eigenvalue weighted by molar-refractivity contribution is -0.0498. The van der Waals surface area contributed by atoms with Crippen LogP contribution in [0.2, 0.25) is 0 Å². The summed E-state index contributed by atoms with van der Waals surface area (Å²) in [6, 6.07) is 8.16. The largest absolute Gasteiger partial charge is 0.435 e. The number of nitrogens with zero attached hydrogens (tertiary/aromatic N) is 1. The number of hydrogen-bond acceptors (Lipinski definition) is 8. The van der Waals surface area contributed by atoms with E-state index in [1.165, 1.54) is 30.8 Å². The lowest BCUT2D eigenvalue weighted by atomic mass is 10.0. The molecular formula is C25H36F2N4O4. The molecule has 10 heteroatoms. The first kappa shape index (κ1) is 30.1. The third kappa shape index (κ3) is 11.8. The van der Waals surface area contributed by atoms with Crippen molar-refractivity contribution in [1.82, 2.24) is 10.3 Å². The second-order valence-electron chi connectivity index (χ2n) is 8.31. The van der Waals surface area contributed by atoms with Gasteiger partial charge in [-0.2, -0.15) is 8.78 Å². The molecule has 0 aliphatic carbocycles. The predicted molar refractivity (Wildman–Crippen MR) is 133 cm³/mol. The zero-order valence-corrected chi connectivity index (χ0v) is 20.8. The molecule has 2 heterocycles. The zero-order valence-electron chi connectivity index (χ0n) is 20.8. The van der Waals surface area contributed by atoms with E-state index in [1.807, 2.05) is 20.9 Å². The smallest absolute Gasteiger partial charge is 0.387 e. The highest BCUT2D eigenvalue weighted by Gasteiger charge is 2.15. The predicted octanol–water partition coefficient (Wildman–Crippen LogP) is 4.11. The van der Waals surface area contributed by atoms with E-state index in [0.717, 1.165) is 13.2 Å². The van der Waals surface area contributed by atoms with E-state index < -0.39 is 6.61 Å². The summed E-state index contributed by atoms with van der Waals surface area (Å²) in [6.45, 7) is 6.18. The fraction of sp³-hybridized carbons (Fsp3) is 0.480. The van der Waals surface area contributed by atoms with Crippen LogP contribution in [-0.2, 0) is 4.74 Å². The van der Waals surface area contributed by atoms with Crippen LogP contribution in [0.5, 0.6) is 5.75 Å². The molecule has 0 saturated carbocycles. The van der Waals surface area contributed by atoms with Crippen molar-refractivity contribution in [2.45, 2.75) is 58.9 Å². The van der Waals surface area contributed by atoms with Gasteiger partial charge in [-0.3, -0.25) is 15.2 Å². The summed E-state index contributed by atoms with van der Waals surface area (Å²) < 4.78 is 34.1. The lowest BCUT2D eigenvalue weighted by Crippen LogP contribution is -2.24. The van der Waals surface area contributed by atoms with Gasteiger partial charge in [-0.1, -0.05) is 12.1 Å². The lowest BCUT2D eigenvalue weighted by Gasteiger charge is -2.15. The molecule has 35 heavy (non-hydrogen) atoms. The van der Waals surface area contributed by atoms with Crippen molar-refractivity contribution >= 4 is 17.7 Å². The molecule has 8 nitrogen and oxygen atoms in total. The second kappa shape index (κ2) is 15.9. The maximum Gasteiger partial charge on any atom is 0.387 e. The first-order chi connectivity index (χ1) is 16.6. The summed E-state index contributed by atoms with van der Waals surface area (Å²) in [7, 11) is 1.97. The maximum atomic E-state index is 12.3. The van der Waals surface area contributed by atoms with E-state index in [4.69, 9.17) is 15.3 Å². The Hall–Kier alpha value is -2.95. The summed E-state index contributed by atoms with van der Waals surface area (Å²) in [6.07, 6.45) is 3.04. The number of aliphatic hydroxyl groups excluding tert-OH is 1. The van der Waals surface area contributed by atoms with Gasteiger partial charge in [0.25, 0.3) is 0 Å². The van der Waals surface area contributed by atoms with Crippen molar-refractivity contribution in [2.24, 2.45) is 0 Å². The van der Waals surface area contributed by atoms with Crippen LogP contribution in [0.15, 0.2) is 36.5 Å². The average molecular weight is 495 g/mol. The van der Waals surface area contributed by atoms with Crippen molar-refractivity contribution < 1.29 is 28.2 Å². The fourth-order valence-electron chi connectivity index (χ4n) is 2.89. The van der Waals surface area contributed by atoms with Crippen LogP contribution in [-0.4, -0.2) is 67.1 Å². The van der Waals surface area contributed by atoms with Crippen LogP contribution in [0, 0.1) is 5.41 Å². The van der Waals surface area contributed by atoms with Gasteiger partial charge in [-0.15, -0.1) is 0 Å². The number of likely N-dealkylation sites (N-methyl/N-ethyl adjacent to an activating group) is 1. The van der Waals surface area contributed by atoms with Crippen LogP contribution in [0.1, 0.15) is 55.7 Å².